The van der Waals surface area contributed by atoms with Crippen LogP contribution in [-0.2, 0) is 9.59 Å². The molecule has 1 aliphatic carbocycles. The second kappa shape index (κ2) is 5.18. The van der Waals surface area contributed by atoms with Crippen molar-refractivity contribution in [2.45, 2.75) is 44.4 Å². The van der Waals surface area contributed by atoms with Crippen LogP contribution >= 0.6 is 0 Å². The summed E-state index contributed by atoms with van der Waals surface area (Å²) in [6.45, 7) is 4.04. The van der Waals surface area contributed by atoms with Gasteiger partial charge in [-0.2, -0.15) is 0 Å². The third-order valence-electron chi connectivity index (χ3n) is 5.03. The Morgan fingerprint density at radius 3 is 2.77 bits per heavy atom. The van der Waals surface area contributed by atoms with E-state index >= 15 is 0 Å². The first-order valence-corrected chi connectivity index (χ1v) is 7.70. The quantitative estimate of drug-likeness (QED) is 0.348. The molecule has 1 saturated carbocycles. The van der Waals surface area contributed by atoms with Gasteiger partial charge in [0.2, 0.25) is 0 Å². The Labute approximate surface area is 129 Å². The summed E-state index contributed by atoms with van der Waals surface area (Å²) in [6.07, 6.45) is 8.31. The smallest absolute Gasteiger partial charge is 0.178 e. The van der Waals surface area contributed by atoms with Gasteiger partial charge in [0.15, 0.2) is 11.6 Å². The summed E-state index contributed by atoms with van der Waals surface area (Å²) in [4.78, 5) is 27.1. The topological polar surface area (TPSA) is 77.8 Å². The minimum atomic E-state index is -1.63. The van der Waals surface area contributed by atoms with Crippen molar-refractivity contribution in [2.75, 3.05) is 6.54 Å². The molecule has 4 fully saturated rings. The number of allylic oxidation sites excluding steroid dienone is 4. The molecule has 2 bridgehead atoms. The largest absolute Gasteiger partial charge is 0.507 e. The highest BCUT2D eigenvalue weighted by Gasteiger charge is 2.65. The molecule has 2 unspecified atom stereocenters. The van der Waals surface area contributed by atoms with Crippen LogP contribution in [0.5, 0.6) is 0 Å². The van der Waals surface area contributed by atoms with E-state index in [4.69, 9.17) is 0 Å². The van der Waals surface area contributed by atoms with Crippen molar-refractivity contribution >= 4 is 11.6 Å². The summed E-state index contributed by atoms with van der Waals surface area (Å²) in [5.41, 5.74) is -1.45. The van der Waals surface area contributed by atoms with E-state index in [0.717, 1.165) is 19.4 Å². The molecule has 118 valence electrons. The van der Waals surface area contributed by atoms with Gasteiger partial charge in [0.1, 0.15) is 11.4 Å². The molecular weight excluding hydrogens is 282 g/mol. The molecule has 0 aromatic rings. The van der Waals surface area contributed by atoms with Crippen LogP contribution in [0.3, 0.4) is 0 Å². The number of rotatable bonds is 2. The average Bonchev–Trinajstić information content (AvgIpc) is 2.93. The molecular formula is C17H21NO4. The number of Topliss-reactive ketones (excluding diaryl/α,β-unsaturated/α-hetero) is 2. The molecule has 4 rings (SSSR count). The van der Waals surface area contributed by atoms with Crippen molar-refractivity contribution in [3.63, 3.8) is 0 Å². The summed E-state index contributed by atoms with van der Waals surface area (Å²) in [6, 6.07) is -0.874. The zero-order valence-electron chi connectivity index (χ0n) is 12.8. The van der Waals surface area contributed by atoms with Gasteiger partial charge in [-0.15, -0.1) is 0 Å². The maximum Gasteiger partial charge on any atom is 0.178 e. The Kier molecular flexibility index (Phi) is 3.57. The molecule has 2 N–H and O–H groups in total. The molecule has 4 atom stereocenters. The summed E-state index contributed by atoms with van der Waals surface area (Å²) in [7, 11) is 0. The van der Waals surface area contributed by atoms with Crippen LogP contribution in [-0.4, -0.2) is 50.9 Å². The number of aliphatic hydroxyl groups excluding tert-OH is 1. The van der Waals surface area contributed by atoms with E-state index in [1.54, 1.807) is 18.2 Å². The second-order valence-corrected chi connectivity index (χ2v) is 6.39. The lowest BCUT2D eigenvalue weighted by molar-refractivity contribution is -0.168. The maximum atomic E-state index is 12.7. The van der Waals surface area contributed by atoms with Crippen molar-refractivity contribution in [3.8, 4) is 0 Å². The Morgan fingerprint density at radius 2 is 2.09 bits per heavy atom. The lowest BCUT2D eigenvalue weighted by atomic mass is 9.63. The van der Waals surface area contributed by atoms with E-state index in [2.05, 4.69) is 0 Å². The monoisotopic (exact) mass is 303 g/mol. The van der Waals surface area contributed by atoms with Gasteiger partial charge >= 0.3 is 0 Å². The van der Waals surface area contributed by atoms with Crippen LogP contribution in [0.15, 0.2) is 35.6 Å². The Morgan fingerprint density at radius 1 is 1.36 bits per heavy atom. The molecule has 3 heterocycles. The fourth-order valence-corrected chi connectivity index (χ4v) is 4.10. The predicted molar refractivity (Wildman–Crippen MR) is 81.3 cm³/mol. The zero-order valence-corrected chi connectivity index (χ0v) is 12.8. The third kappa shape index (κ3) is 1.92. The molecule has 5 heteroatoms. The number of hydrogen-bond acceptors (Lipinski definition) is 5. The van der Waals surface area contributed by atoms with E-state index in [9.17, 15) is 19.8 Å². The summed E-state index contributed by atoms with van der Waals surface area (Å²) >= 11 is 0. The zero-order chi connectivity index (χ0) is 16.1. The average molecular weight is 303 g/mol. The molecule has 4 aliphatic rings. The number of piperidine rings is 2. The van der Waals surface area contributed by atoms with Crippen molar-refractivity contribution in [1.82, 2.24) is 4.90 Å². The Balaban J connectivity index is 2.11. The van der Waals surface area contributed by atoms with Gasteiger partial charge in [0, 0.05) is 6.04 Å². The van der Waals surface area contributed by atoms with Crippen molar-refractivity contribution < 1.29 is 19.8 Å². The van der Waals surface area contributed by atoms with E-state index in [-0.39, 0.29) is 23.2 Å². The first-order chi connectivity index (χ1) is 10.4. The third-order valence-corrected chi connectivity index (χ3v) is 5.03. The number of fused-ring (bicyclic) bond motifs is 2. The Bertz CT molecular complexity index is 614. The van der Waals surface area contributed by atoms with Crippen LogP contribution in [0.2, 0.25) is 0 Å². The first kappa shape index (κ1) is 15.2. The van der Waals surface area contributed by atoms with Crippen LogP contribution in [0.25, 0.3) is 0 Å². The SMILES string of the molecule is C/C=C/C=C/C(O)=C1/C(=O)C2C(=O)C(C)(O)[C@@H]1N1CCC[C@H]21. The molecule has 0 aromatic carbocycles. The summed E-state index contributed by atoms with van der Waals surface area (Å²) < 4.78 is 0. The fraction of sp³-hybridized carbons (Fsp3) is 0.529. The van der Waals surface area contributed by atoms with Gasteiger partial charge in [-0.1, -0.05) is 18.2 Å². The van der Waals surface area contributed by atoms with Gasteiger partial charge in [-0.05, 0) is 39.3 Å². The summed E-state index contributed by atoms with van der Waals surface area (Å²) in [5, 5.41) is 21.0. The summed E-state index contributed by atoms with van der Waals surface area (Å²) in [5.74, 6) is -1.74. The van der Waals surface area contributed by atoms with Crippen LogP contribution in [0, 0.1) is 5.92 Å². The number of aliphatic hydroxyl groups is 2. The highest BCUT2D eigenvalue weighted by atomic mass is 16.3. The van der Waals surface area contributed by atoms with Crippen LogP contribution in [0.1, 0.15) is 26.7 Å². The standard InChI is InChI=1S/C17H21NO4/c1-3-4-5-8-11(19)13-14(20)12-10-7-6-9-18(10)15(13)17(2,22)16(12)21/h3-5,8,10,12,15,19,22H,6-7,9H2,1-2H3/b4-3+,8-5+,13-11+/t10-,12?,15-,17?/m1/s1. The van der Waals surface area contributed by atoms with Gasteiger partial charge in [-0.25, -0.2) is 0 Å². The molecule has 0 spiro atoms. The van der Waals surface area contributed by atoms with Crippen LogP contribution in [0.4, 0.5) is 0 Å². The molecule has 22 heavy (non-hydrogen) atoms. The van der Waals surface area contributed by atoms with Gasteiger partial charge in [0.25, 0.3) is 0 Å². The lowest BCUT2D eigenvalue weighted by Crippen LogP contribution is -2.73. The normalized spacial score (nSPS) is 41.0. The van der Waals surface area contributed by atoms with E-state index in [0.29, 0.717) is 0 Å². The second-order valence-electron chi connectivity index (χ2n) is 6.39. The van der Waals surface area contributed by atoms with Crippen molar-refractivity contribution in [1.29, 1.82) is 0 Å². The predicted octanol–water partition coefficient (Wildman–Crippen LogP) is 1.30. The number of nitrogens with zero attached hydrogens (tertiary/aromatic N) is 1. The highest BCUT2D eigenvalue weighted by Crippen LogP contribution is 2.48. The Hall–Kier alpha value is -1.72. The number of hydrogen-bond donors (Lipinski definition) is 2. The lowest BCUT2D eigenvalue weighted by Gasteiger charge is -2.54. The first-order valence-electron chi connectivity index (χ1n) is 7.70. The van der Waals surface area contributed by atoms with Gasteiger partial charge < -0.3 is 10.2 Å². The molecule has 0 aromatic heterocycles. The van der Waals surface area contributed by atoms with Crippen molar-refractivity contribution in [2.24, 2.45) is 5.92 Å². The fourth-order valence-electron chi connectivity index (χ4n) is 4.10. The molecule has 3 saturated heterocycles. The maximum absolute atomic E-state index is 12.7. The van der Waals surface area contributed by atoms with E-state index in [1.165, 1.54) is 13.0 Å². The molecule has 5 nitrogen and oxygen atoms in total. The minimum absolute atomic E-state index is 0.124. The number of ketones is 2. The molecule has 0 amide bonds. The number of carbonyl (C=O) groups is 2. The van der Waals surface area contributed by atoms with Crippen LogP contribution < -0.4 is 0 Å². The van der Waals surface area contributed by atoms with Gasteiger partial charge in [0.05, 0.1) is 17.5 Å². The van der Waals surface area contributed by atoms with E-state index < -0.39 is 23.3 Å². The minimum Gasteiger partial charge on any atom is -0.507 e. The molecule has 0 radical (unpaired) electrons. The van der Waals surface area contributed by atoms with Gasteiger partial charge in [-0.3, -0.25) is 14.5 Å². The highest BCUT2D eigenvalue weighted by molar-refractivity contribution is 6.19. The van der Waals surface area contributed by atoms with Crippen molar-refractivity contribution in [3.05, 3.63) is 35.6 Å². The van der Waals surface area contributed by atoms with E-state index in [1.807, 2.05) is 11.8 Å². The molecule has 3 aliphatic heterocycles. The number of carbonyl (C=O) groups excluding carboxylic acids is 2.